The molecule has 0 spiro atoms. The predicted molar refractivity (Wildman–Crippen MR) is 275 cm³/mol. The van der Waals surface area contributed by atoms with Gasteiger partial charge in [0.05, 0.1) is 37.8 Å². The van der Waals surface area contributed by atoms with Crippen LogP contribution in [0, 0.1) is 20.8 Å². The molecular weight excluding hydrogens is 1060 g/mol. The van der Waals surface area contributed by atoms with Crippen LogP contribution < -0.4 is 5.73 Å². The maximum absolute atomic E-state index is 7.49. The Bertz CT molecular complexity index is 3050. The smallest absolute Gasteiger partial charge is 0.157 e. The van der Waals surface area contributed by atoms with Gasteiger partial charge in [0.15, 0.2) is 11.6 Å². The molecule has 1 saturated heterocycles. The molecule has 0 radical (unpaired) electrons. The van der Waals surface area contributed by atoms with Crippen LogP contribution in [0.25, 0.3) is 62.0 Å². The summed E-state index contributed by atoms with van der Waals surface area (Å²) < 4.78 is 6.68. The number of nitrogens with two attached hydrogens (primary N) is 1. The topological polar surface area (TPSA) is 110 Å². The van der Waals surface area contributed by atoms with Crippen LogP contribution in [0.1, 0.15) is 46.6 Å². The number of aryl methyl sites for hydroxylation is 3. The Kier molecular flexibility index (Phi) is 12.7. The van der Waals surface area contributed by atoms with Gasteiger partial charge in [-0.05, 0) is 115 Å². The lowest BCUT2D eigenvalue weighted by molar-refractivity contribution is 0.0406. The SMILES string of the molecule is Cc1cnc(C(N)CC(c2ncc(C)c(-c3cc4ccc(Br)cc4s3)n2)(c2ncc(C)c(-c3cc4ccc(Br)cc4s3)n2)N2CCN(C)CC2)nc1-c1cc2ccc(Br)cc2s1.Cl. The highest BCUT2D eigenvalue weighted by molar-refractivity contribution is 9.11. The van der Waals surface area contributed by atoms with Crippen molar-refractivity contribution in [3.63, 3.8) is 0 Å². The summed E-state index contributed by atoms with van der Waals surface area (Å²) >= 11 is 16.2. The molecule has 9 aromatic rings. The molecule has 320 valence electrons. The van der Waals surface area contributed by atoms with Gasteiger partial charge in [0.1, 0.15) is 11.4 Å². The van der Waals surface area contributed by atoms with Crippen molar-refractivity contribution in [1.82, 2.24) is 39.7 Å². The Morgan fingerprint density at radius 2 is 0.984 bits per heavy atom. The molecule has 0 saturated carbocycles. The third kappa shape index (κ3) is 8.55. The minimum atomic E-state index is -1.07. The lowest BCUT2D eigenvalue weighted by atomic mass is 9.85. The van der Waals surface area contributed by atoms with Gasteiger partial charge in [0.25, 0.3) is 0 Å². The van der Waals surface area contributed by atoms with E-state index in [1.165, 1.54) is 30.3 Å². The molecule has 9 nitrogen and oxygen atoms in total. The molecule has 0 aliphatic carbocycles. The second-order valence-corrected chi connectivity index (χ2v) is 22.0. The van der Waals surface area contributed by atoms with Gasteiger partial charge in [-0.2, -0.15) is 0 Å². The predicted octanol–water partition coefficient (Wildman–Crippen LogP) is 12.9. The first-order valence-corrected chi connectivity index (χ1v) is 25.0. The van der Waals surface area contributed by atoms with Crippen molar-refractivity contribution in [1.29, 1.82) is 0 Å². The van der Waals surface area contributed by atoms with Gasteiger partial charge >= 0.3 is 0 Å². The van der Waals surface area contributed by atoms with Gasteiger partial charge < -0.3 is 10.6 Å². The number of benzene rings is 3. The van der Waals surface area contributed by atoms with E-state index in [1.54, 1.807) is 34.0 Å². The summed E-state index contributed by atoms with van der Waals surface area (Å²) in [5.41, 5.74) is 12.0. The quantitative estimate of drug-likeness (QED) is 0.151. The summed E-state index contributed by atoms with van der Waals surface area (Å²) in [5, 5.41) is 3.50. The first kappa shape index (κ1) is 44.6. The minimum Gasteiger partial charge on any atom is -0.321 e. The van der Waals surface area contributed by atoms with Crippen molar-refractivity contribution >= 4 is 124 Å². The van der Waals surface area contributed by atoms with Gasteiger partial charge in [-0.3, -0.25) is 4.90 Å². The number of nitrogens with zero attached hydrogens (tertiary/aromatic N) is 8. The summed E-state index contributed by atoms with van der Waals surface area (Å²) in [4.78, 5) is 39.9. The Hall–Kier alpha value is -3.61. The zero-order valence-corrected chi connectivity index (χ0v) is 42.7. The van der Waals surface area contributed by atoms with Crippen molar-refractivity contribution in [3.8, 4) is 31.7 Å². The zero-order chi connectivity index (χ0) is 42.9. The zero-order valence-electron chi connectivity index (χ0n) is 34.7. The van der Waals surface area contributed by atoms with E-state index in [1.807, 2.05) is 18.6 Å². The van der Waals surface area contributed by atoms with Crippen LogP contribution in [-0.4, -0.2) is 72.9 Å². The molecule has 3 aromatic carbocycles. The minimum absolute atomic E-state index is 0. The summed E-state index contributed by atoms with van der Waals surface area (Å²) in [6.45, 7) is 9.37. The highest BCUT2D eigenvalue weighted by Gasteiger charge is 2.49. The van der Waals surface area contributed by atoms with E-state index in [-0.39, 0.29) is 12.4 Å². The molecule has 2 N–H and O–H groups in total. The van der Waals surface area contributed by atoms with Crippen molar-refractivity contribution in [2.24, 2.45) is 5.73 Å². The van der Waals surface area contributed by atoms with Gasteiger partial charge in [-0.1, -0.05) is 66.0 Å². The number of hydrogen-bond donors (Lipinski definition) is 1. The first-order valence-electron chi connectivity index (χ1n) is 20.2. The van der Waals surface area contributed by atoms with Gasteiger partial charge in [0, 0.05) is 78.7 Å². The summed E-state index contributed by atoms with van der Waals surface area (Å²) in [7, 11) is 2.17. The summed E-state index contributed by atoms with van der Waals surface area (Å²) in [5.74, 6) is 1.76. The largest absolute Gasteiger partial charge is 0.321 e. The Morgan fingerprint density at radius 3 is 1.41 bits per heavy atom. The molecule has 0 amide bonds. The molecule has 1 aliphatic heterocycles. The standard InChI is InChI=1S/C47H40Br3N9S3.ClH/c1-25-22-52-44(55-41(25)38-15-28-5-8-31(48)18-35(28)60-38)34(51)21-47(59-13-11-58(4)12-14-59,45-53-23-26(2)42(56-45)39-16-29-6-9-32(49)19-36(29)61-39)46-54-24-27(3)43(57-46)40-17-30-7-10-33(50)20-37(30)62-40;/h5-10,15-20,22-24,34H,11-14,21,51H2,1-4H3;1H. The molecule has 1 atom stereocenters. The third-order valence-electron chi connectivity index (χ3n) is 11.7. The fourth-order valence-electron chi connectivity index (χ4n) is 8.32. The molecule has 1 aliphatic rings. The molecule has 1 fully saturated rings. The van der Waals surface area contributed by atoms with Crippen LogP contribution in [-0.2, 0) is 5.54 Å². The van der Waals surface area contributed by atoms with Crippen LogP contribution >= 0.6 is 94.2 Å². The van der Waals surface area contributed by atoms with Crippen LogP contribution in [0.15, 0.2) is 105 Å². The molecule has 6 aromatic heterocycles. The number of aromatic nitrogens is 6. The second kappa shape index (κ2) is 18.0. The highest BCUT2D eigenvalue weighted by atomic mass is 79.9. The molecule has 63 heavy (non-hydrogen) atoms. The molecule has 7 heterocycles. The van der Waals surface area contributed by atoms with Crippen molar-refractivity contribution in [2.75, 3.05) is 33.2 Å². The number of rotatable bonds is 9. The number of likely N-dealkylation sites (N-methyl/N-ethyl adjacent to an activating group) is 1. The lowest BCUT2D eigenvalue weighted by Gasteiger charge is -2.46. The van der Waals surface area contributed by atoms with E-state index in [4.69, 9.17) is 35.6 Å². The van der Waals surface area contributed by atoms with E-state index >= 15 is 0 Å². The Morgan fingerprint density at radius 1 is 0.587 bits per heavy atom. The molecular formula is C47H41Br3ClN9S3. The first-order chi connectivity index (χ1) is 29.9. The van der Waals surface area contributed by atoms with E-state index in [9.17, 15) is 0 Å². The summed E-state index contributed by atoms with van der Waals surface area (Å²) in [6, 6.07) is 25.2. The molecule has 0 bridgehead atoms. The average molecular weight is 1100 g/mol. The van der Waals surface area contributed by atoms with Crippen LogP contribution in [0.4, 0.5) is 0 Å². The third-order valence-corrected chi connectivity index (χ3v) is 16.5. The fraction of sp³-hybridized carbons (Fsp3) is 0.234. The van der Waals surface area contributed by atoms with E-state index < -0.39 is 11.6 Å². The van der Waals surface area contributed by atoms with Crippen LogP contribution in [0.2, 0.25) is 0 Å². The normalized spacial score (nSPS) is 14.5. The van der Waals surface area contributed by atoms with E-state index in [2.05, 4.69) is 158 Å². The van der Waals surface area contributed by atoms with Crippen molar-refractivity contribution < 1.29 is 0 Å². The Labute approximate surface area is 409 Å². The number of hydrogen-bond acceptors (Lipinski definition) is 12. The van der Waals surface area contributed by atoms with Crippen molar-refractivity contribution in [3.05, 3.63) is 139 Å². The maximum atomic E-state index is 7.49. The fourth-order valence-corrected chi connectivity index (χ4v) is 13.3. The molecule has 10 rings (SSSR count). The maximum Gasteiger partial charge on any atom is 0.157 e. The number of piperazine rings is 1. The lowest BCUT2D eigenvalue weighted by Crippen LogP contribution is -2.57. The van der Waals surface area contributed by atoms with Gasteiger partial charge in [-0.25, -0.2) is 29.9 Å². The molecule has 1 unspecified atom stereocenters. The van der Waals surface area contributed by atoms with E-state index in [0.717, 1.165) is 88.0 Å². The molecule has 16 heteroatoms. The monoisotopic (exact) mass is 1100 g/mol. The van der Waals surface area contributed by atoms with E-state index in [0.29, 0.717) is 23.9 Å². The van der Waals surface area contributed by atoms with Gasteiger partial charge in [-0.15, -0.1) is 46.4 Å². The number of halogens is 4. The Balaban J connectivity index is 0.00000504. The number of fused-ring (bicyclic) bond motifs is 3. The summed E-state index contributed by atoms with van der Waals surface area (Å²) in [6.07, 6.45) is 6.14. The average Bonchev–Trinajstić information content (AvgIpc) is 4.00. The van der Waals surface area contributed by atoms with Gasteiger partial charge in [0.2, 0.25) is 0 Å². The van der Waals surface area contributed by atoms with Crippen molar-refractivity contribution in [2.45, 2.75) is 38.8 Å². The number of thiophene rings is 3. The highest BCUT2D eigenvalue weighted by Crippen LogP contribution is 2.44. The van der Waals surface area contributed by atoms with Crippen LogP contribution in [0.3, 0.4) is 0 Å². The second-order valence-electron chi connectivity index (χ2n) is 16.0. The van der Waals surface area contributed by atoms with Crippen LogP contribution in [0.5, 0.6) is 0 Å².